The van der Waals surface area contributed by atoms with Crippen molar-refractivity contribution in [2.75, 3.05) is 19.5 Å². The number of alkyl halides is 1. The Hall–Kier alpha value is -3.11. The molecule has 1 N–H and O–H groups in total. The Labute approximate surface area is 205 Å². The number of ether oxygens (including phenoxy) is 3. The number of benzene rings is 3. The van der Waals surface area contributed by atoms with Gasteiger partial charge in [-0.15, -0.1) is 0 Å². The number of rotatable bonds is 6. The maximum atomic E-state index is 9.73. The third-order valence-corrected chi connectivity index (χ3v) is 5.72. The van der Waals surface area contributed by atoms with Crippen molar-refractivity contribution in [2.45, 2.75) is 12.5 Å². The number of hydrogen-bond acceptors (Lipinski definition) is 6. The van der Waals surface area contributed by atoms with E-state index in [2.05, 4.69) is 16.4 Å². The summed E-state index contributed by atoms with van der Waals surface area (Å²) in [5.74, 6) is 1.52. The molecule has 0 fully saturated rings. The van der Waals surface area contributed by atoms with E-state index in [-0.39, 0.29) is 0 Å². The van der Waals surface area contributed by atoms with E-state index < -0.39 is 5.56 Å². The SMILES string of the molecule is COc1cc(Nc2c(C#N)cnc3cc4cc(OC)c(OC(C)Cl)cc4cc23)c(Cl)cc1Cl. The summed E-state index contributed by atoms with van der Waals surface area (Å²) < 4.78 is 16.4. The quantitative estimate of drug-likeness (QED) is 0.220. The first-order chi connectivity index (χ1) is 15.8. The summed E-state index contributed by atoms with van der Waals surface area (Å²) in [6.07, 6.45) is 1.52. The summed E-state index contributed by atoms with van der Waals surface area (Å²) >= 11 is 18.6. The number of nitriles is 1. The molecule has 1 atom stereocenters. The van der Waals surface area contributed by atoms with Gasteiger partial charge in [0.15, 0.2) is 17.1 Å². The van der Waals surface area contributed by atoms with Crippen molar-refractivity contribution in [3.63, 3.8) is 0 Å². The van der Waals surface area contributed by atoms with E-state index in [0.717, 1.165) is 16.2 Å². The van der Waals surface area contributed by atoms with Crippen molar-refractivity contribution in [2.24, 2.45) is 0 Å². The van der Waals surface area contributed by atoms with Gasteiger partial charge in [-0.05, 0) is 48.0 Å². The average molecular weight is 503 g/mol. The summed E-state index contributed by atoms with van der Waals surface area (Å²) in [6, 6.07) is 13.0. The molecular weight excluding hydrogens is 485 g/mol. The molecule has 168 valence electrons. The first-order valence-electron chi connectivity index (χ1n) is 9.80. The Morgan fingerprint density at radius 1 is 0.939 bits per heavy atom. The fraction of sp³-hybridized carbons (Fsp3) is 0.167. The molecule has 1 aromatic heterocycles. The smallest absolute Gasteiger partial charge is 0.169 e. The molecule has 0 saturated heterocycles. The Kier molecular flexibility index (Phi) is 6.57. The van der Waals surface area contributed by atoms with Gasteiger partial charge in [-0.3, -0.25) is 4.98 Å². The second-order valence-corrected chi connectivity index (χ2v) is 8.56. The molecule has 0 radical (unpaired) electrons. The van der Waals surface area contributed by atoms with Gasteiger partial charge in [0, 0.05) is 17.6 Å². The third kappa shape index (κ3) is 4.53. The number of aromatic nitrogens is 1. The summed E-state index contributed by atoms with van der Waals surface area (Å²) in [7, 11) is 3.08. The second kappa shape index (κ2) is 9.40. The zero-order valence-corrected chi connectivity index (χ0v) is 20.1. The van der Waals surface area contributed by atoms with Gasteiger partial charge in [0.05, 0.1) is 46.7 Å². The van der Waals surface area contributed by atoms with E-state index in [1.165, 1.54) is 13.3 Å². The van der Waals surface area contributed by atoms with Crippen LogP contribution in [-0.2, 0) is 0 Å². The summed E-state index contributed by atoms with van der Waals surface area (Å²) in [5.41, 5.74) is 1.59. The number of anilines is 2. The zero-order valence-electron chi connectivity index (χ0n) is 17.9. The van der Waals surface area contributed by atoms with Gasteiger partial charge in [-0.25, -0.2) is 0 Å². The maximum Gasteiger partial charge on any atom is 0.169 e. The molecule has 0 spiro atoms. The number of halogens is 3. The van der Waals surface area contributed by atoms with Crippen LogP contribution in [0.3, 0.4) is 0 Å². The van der Waals surface area contributed by atoms with Crippen LogP contribution < -0.4 is 19.5 Å². The zero-order chi connectivity index (χ0) is 23.7. The summed E-state index contributed by atoms with van der Waals surface area (Å²) in [4.78, 5) is 4.47. The van der Waals surface area contributed by atoms with Crippen LogP contribution in [0.2, 0.25) is 10.0 Å². The Balaban J connectivity index is 1.93. The fourth-order valence-electron chi connectivity index (χ4n) is 3.51. The highest BCUT2D eigenvalue weighted by molar-refractivity contribution is 6.37. The second-order valence-electron chi connectivity index (χ2n) is 7.13. The molecule has 0 aliphatic carbocycles. The summed E-state index contributed by atoms with van der Waals surface area (Å²) in [5, 5.41) is 16.2. The van der Waals surface area contributed by atoms with Gasteiger partial charge in [-0.2, -0.15) is 5.26 Å². The molecule has 33 heavy (non-hydrogen) atoms. The molecular formula is C24H18Cl3N3O3. The highest BCUT2D eigenvalue weighted by atomic mass is 35.5. The van der Waals surface area contributed by atoms with Crippen LogP contribution in [0.15, 0.2) is 42.6 Å². The topological polar surface area (TPSA) is 76.4 Å². The predicted octanol–water partition coefficient (Wildman–Crippen LogP) is 7.29. The summed E-state index contributed by atoms with van der Waals surface area (Å²) in [6.45, 7) is 1.72. The van der Waals surface area contributed by atoms with E-state index >= 15 is 0 Å². The lowest BCUT2D eigenvalue weighted by Gasteiger charge is -2.16. The fourth-order valence-corrected chi connectivity index (χ4v) is 4.11. The van der Waals surface area contributed by atoms with Gasteiger partial charge in [-0.1, -0.05) is 34.8 Å². The lowest BCUT2D eigenvalue weighted by atomic mass is 10.0. The normalized spacial score (nSPS) is 11.8. The van der Waals surface area contributed by atoms with Crippen LogP contribution in [0.5, 0.6) is 17.2 Å². The minimum absolute atomic E-state index is 0.353. The van der Waals surface area contributed by atoms with Crippen molar-refractivity contribution >= 4 is 67.9 Å². The molecule has 4 aromatic rings. The molecule has 0 saturated carbocycles. The van der Waals surface area contributed by atoms with Gasteiger partial charge < -0.3 is 19.5 Å². The monoisotopic (exact) mass is 501 g/mol. The van der Waals surface area contributed by atoms with Crippen LogP contribution in [0.25, 0.3) is 21.7 Å². The predicted molar refractivity (Wildman–Crippen MR) is 133 cm³/mol. The van der Waals surface area contributed by atoms with Crippen molar-refractivity contribution in [1.82, 2.24) is 4.98 Å². The van der Waals surface area contributed by atoms with Crippen molar-refractivity contribution in [3.8, 4) is 23.3 Å². The minimum Gasteiger partial charge on any atom is -0.495 e. The number of pyridine rings is 1. The number of nitrogens with one attached hydrogen (secondary N) is 1. The van der Waals surface area contributed by atoms with Crippen LogP contribution in [0.1, 0.15) is 12.5 Å². The van der Waals surface area contributed by atoms with Gasteiger partial charge in [0.25, 0.3) is 0 Å². The first kappa shape index (κ1) is 23.1. The Morgan fingerprint density at radius 3 is 2.30 bits per heavy atom. The lowest BCUT2D eigenvalue weighted by Crippen LogP contribution is -2.04. The molecule has 6 nitrogen and oxygen atoms in total. The van der Waals surface area contributed by atoms with E-state index in [0.29, 0.717) is 49.7 Å². The van der Waals surface area contributed by atoms with Crippen LogP contribution in [0, 0.1) is 11.3 Å². The van der Waals surface area contributed by atoms with Crippen molar-refractivity contribution < 1.29 is 14.2 Å². The largest absolute Gasteiger partial charge is 0.495 e. The van der Waals surface area contributed by atoms with Crippen molar-refractivity contribution in [1.29, 1.82) is 5.26 Å². The van der Waals surface area contributed by atoms with Crippen LogP contribution in [-0.4, -0.2) is 24.8 Å². The maximum absolute atomic E-state index is 9.73. The first-order valence-corrected chi connectivity index (χ1v) is 11.0. The molecule has 0 aliphatic heterocycles. The van der Waals surface area contributed by atoms with E-state index in [1.54, 1.807) is 26.2 Å². The molecule has 9 heteroatoms. The molecule has 0 aliphatic rings. The number of nitrogens with zero attached hydrogens (tertiary/aromatic N) is 2. The number of fused-ring (bicyclic) bond motifs is 2. The third-order valence-electron chi connectivity index (χ3n) is 5.02. The Bertz CT molecular complexity index is 1420. The molecule has 4 rings (SSSR count). The van der Waals surface area contributed by atoms with Gasteiger partial charge in [0.1, 0.15) is 11.8 Å². The number of methoxy groups -OCH3 is 2. The van der Waals surface area contributed by atoms with Gasteiger partial charge in [0.2, 0.25) is 0 Å². The van der Waals surface area contributed by atoms with E-state index in [4.69, 9.17) is 49.0 Å². The molecule has 0 bridgehead atoms. The molecule has 1 unspecified atom stereocenters. The van der Waals surface area contributed by atoms with Crippen molar-refractivity contribution in [3.05, 3.63) is 58.2 Å². The van der Waals surface area contributed by atoms with E-state index in [9.17, 15) is 5.26 Å². The minimum atomic E-state index is -0.539. The molecule has 3 aromatic carbocycles. The Morgan fingerprint density at radius 2 is 1.64 bits per heavy atom. The standard InChI is InChI=1S/C24H18Cl3N3O3/c1-12(25)33-23-7-13-4-16-19(5-14(13)6-22(23)32-3)29-11-15(10-28)24(16)30-20-9-21(31-2)18(27)8-17(20)26/h4-9,11-12H,1-3H3,(H,29,30). The molecule has 1 heterocycles. The van der Waals surface area contributed by atoms with Crippen LogP contribution >= 0.6 is 34.8 Å². The number of hydrogen-bond donors (Lipinski definition) is 1. The molecule has 0 amide bonds. The lowest BCUT2D eigenvalue weighted by molar-refractivity contribution is 0.281. The van der Waals surface area contributed by atoms with E-state index in [1.807, 2.05) is 24.3 Å². The highest BCUT2D eigenvalue weighted by Crippen LogP contribution is 2.40. The average Bonchev–Trinajstić information content (AvgIpc) is 2.78. The highest BCUT2D eigenvalue weighted by Gasteiger charge is 2.16. The van der Waals surface area contributed by atoms with Gasteiger partial charge >= 0.3 is 0 Å². The van der Waals surface area contributed by atoms with Crippen LogP contribution in [0.4, 0.5) is 11.4 Å².